The Balaban J connectivity index is 2.25. The molecule has 2 aromatic heterocycles. The van der Waals surface area contributed by atoms with Gasteiger partial charge in [-0.3, -0.25) is 9.20 Å². The van der Waals surface area contributed by atoms with Gasteiger partial charge in [0.2, 0.25) is 0 Å². The van der Waals surface area contributed by atoms with Crippen LogP contribution in [0, 0.1) is 6.92 Å². The highest BCUT2D eigenvalue weighted by Gasteiger charge is 2.22. The average Bonchev–Trinajstić information content (AvgIpc) is 2.90. The molecule has 24 heavy (non-hydrogen) atoms. The number of hydrogen-bond donors (Lipinski definition) is 1. The zero-order valence-corrected chi connectivity index (χ0v) is 13.4. The Morgan fingerprint density at radius 1 is 1.17 bits per heavy atom. The SMILES string of the molecule is CCOC(=O)c1c2ccccc2n2c(=O)c3cc(C)ccc3[nH]c12. The fourth-order valence-electron chi connectivity index (χ4n) is 3.17. The first-order valence-corrected chi connectivity index (χ1v) is 7.84. The topological polar surface area (TPSA) is 63.6 Å². The van der Waals surface area contributed by atoms with Crippen LogP contribution in [0.1, 0.15) is 22.8 Å². The van der Waals surface area contributed by atoms with E-state index in [4.69, 9.17) is 4.74 Å². The van der Waals surface area contributed by atoms with Crippen LogP contribution in [0.2, 0.25) is 0 Å². The van der Waals surface area contributed by atoms with Crippen molar-refractivity contribution in [2.75, 3.05) is 6.61 Å². The number of esters is 1. The van der Waals surface area contributed by atoms with Crippen LogP contribution in [0.25, 0.3) is 27.5 Å². The molecule has 0 unspecified atom stereocenters. The predicted molar refractivity (Wildman–Crippen MR) is 93.7 cm³/mol. The number of aromatic amines is 1. The van der Waals surface area contributed by atoms with E-state index >= 15 is 0 Å². The van der Waals surface area contributed by atoms with Crippen molar-refractivity contribution in [3.63, 3.8) is 0 Å². The lowest BCUT2D eigenvalue weighted by atomic mass is 10.1. The third-order valence-electron chi connectivity index (χ3n) is 4.22. The van der Waals surface area contributed by atoms with Crippen LogP contribution in [0.5, 0.6) is 0 Å². The lowest BCUT2D eigenvalue weighted by Crippen LogP contribution is -2.15. The van der Waals surface area contributed by atoms with E-state index in [0.717, 1.165) is 5.56 Å². The molecule has 0 radical (unpaired) electrons. The Labute approximate surface area is 137 Å². The summed E-state index contributed by atoms with van der Waals surface area (Å²) >= 11 is 0. The largest absolute Gasteiger partial charge is 0.462 e. The molecule has 120 valence electrons. The van der Waals surface area contributed by atoms with Crippen molar-refractivity contribution >= 4 is 33.4 Å². The van der Waals surface area contributed by atoms with Gasteiger partial charge in [-0.15, -0.1) is 0 Å². The zero-order valence-electron chi connectivity index (χ0n) is 13.4. The van der Waals surface area contributed by atoms with Gasteiger partial charge in [-0.05, 0) is 32.0 Å². The molecule has 2 aromatic carbocycles. The van der Waals surface area contributed by atoms with Gasteiger partial charge in [-0.1, -0.05) is 29.8 Å². The van der Waals surface area contributed by atoms with Crippen LogP contribution in [-0.2, 0) is 4.74 Å². The summed E-state index contributed by atoms with van der Waals surface area (Å²) in [5.74, 6) is -0.432. The van der Waals surface area contributed by atoms with E-state index in [9.17, 15) is 9.59 Å². The summed E-state index contributed by atoms with van der Waals surface area (Å²) in [7, 11) is 0. The number of para-hydroxylation sites is 1. The summed E-state index contributed by atoms with van der Waals surface area (Å²) in [5, 5.41) is 1.30. The van der Waals surface area contributed by atoms with Gasteiger partial charge in [0.1, 0.15) is 11.2 Å². The number of aryl methyl sites for hydroxylation is 1. The minimum absolute atomic E-state index is 0.144. The second-order valence-electron chi connectivity index (χ2n) is 5.78. The van der Waals surface area contributed by atoms with Crippen molar-refractivity contribution in [2.45, 2.75) is 13.8 Å². The maximum absolute atomic E-state index is 13.0. The van der Waals surface area contributed by atoms with E-state index in [0.29, 0.717) is 33.0 Å². The second-order valence-corrected chi connectivity index (χ2v) is 5.78. The van der Waals surface area contributed by atoms with Crippen molar-refractivity contribution in [3.8, 4) is 0 Å². The van der Waals surface area contributed by atoms with Gasteiger partial charge in [-0.2, -0.15) is 0 Å². The van der Waals surface area contributed by atoms with E-state index in [1.54, 1.807) is 11.3 Å². The number of benzene rings is 2. The molecule has 0 saturated heterocycles. The smallest absolute Gasteiger partial charge is 0.342 e. The van der Waals surface area contributed by atoms with Crippen LogP contribution < -0.4 is 5.56 Å². The molecule has 0 saturated carbocycles. The number of nitrogens with zero attached hydrogens (tertiary/aromatic N) is 1. The quantitative estimate of drug-likeness (QED) is 0.576. The Kier molecular flexibility index (Phi) is 3.16. The Bertz CT molecular complexity index is 1170. The molecular weight excluding hydrogens is 304 g/mol. The molecule has 0 spiro atoms. The molecule has 0 aliphatic rings. The lowest BCUT2D eigenvalue weighted by molar-refractivity contribution is 0.0530. The van der Waals surface area contributed by atoms with Crippen molar-refractivity contribution in [1.82, 2.24) is 9.38 Å². The molecule has 0 amide bonds. The van der Waals surface area contributed by atoms with E-state index in [-0.39, 0.29) is 12.2 Å². The Hall–Kier alpha value is -3.08. The fourth-order valence-corrected chi connectivity index (χ4v) is 3.17. The first-order chi connectivity index (χ1) is 11.6. The van der Waals surface area contributed by atoms with E-state index < -0.39 is 5.97 Å². The van der Waals surface area contributed by atoms with Gasteiger partial charge in [0.15, 0.2) is 0 Å². The molecule has 2 heterocycles. The monoisotopic (exact) mass is 320 g/mol. The van der Waals surface area contributed by atoms with Gasteiger partial charge in [0.05, 0.1) is 23.0 Å². The third-order valence-corrected chi connectivity index (χ3v) is 4.22. The summed E-state index contributed by atoms with van der Waals surface area (Å²) in [5.41, 5.74) is 3.12. The molecule has 0 fully saturated rings. The molecule has 5 heteroatoms. The number of rotatable bonds is 2. The molecule has 4 rings (SSSR count). The number of nitrogens with one attached hydrogen (secondary N) is 1. The van der Waals surface area contributed by atoms with Gasteiger partial charge in [-0.25, -0.2) is 4.79 Å². The van der Waals surface area contributed by atoms with E-state index in [1.807, 2.05) is 49.4 Å². The number of ether oxygens (including phenoxy) is 1. The van der Waals surface area contributed by atoms with Crippen molar-refractivity contribution in [3.05, 3.63) is 63.9 Å². The number of carbonyl (C=O) groups excluding carboxylic acids is 1. The molecule has 1 N–H and O–H groups in total. The number of aromatic nitrogens is 2. The number of H-pyrrole nitrogens is 1. The highest BCUT2D eigenvalue weighted by Crippen LogP contribution is 2.26. The van der Waals surface area contributed by atoms with Crippen LogP contribution in [0.3, 0.4) is 0 Å². The van der Waals surface area contributed by atoms with Gasteiger partial charge in [0, 0.05) is 5.39 Å². The first-order valence-electron chi connectivity index (χ1n) is 7.84. The Morgan fingerprint density at radius 2 is 1.96 bits per heavy atom. The minimum Gasteiger partial charge on any atom is -0.462 e. The summed E-state index contributed by atoms with van der Waals surface area (Å²) in [6.45, 7) is 3.99. The highest BCUT2D eigenvalue weighted by atomic mass is 16.5. The summed E-state index contributed by atoms with van der Waals surface area (Å²) in [6, 6.07) is 13.0. The maximum atomic E-state index is 13.0. The molecule has 0 aliphatic carbocycles. The standard InChI is InChI=1S/C19H16N2O3/c1-3-24-19(23)16-12-6-4-5-7-15(12)21-17(16)20-14-9-8-11(2)10-13(14)18(21)22/h4-10,20H,3H2,1-2H3. The second kappa shape index (κ2) is 5.23. The maximum Gasteiger partial charge on any atom is 0.342 e. The number of hydrogen-bond acceptors (Lipinski definition) is 3. The lowest BCUT2D eigenvalue weighted by Gasteiger charge is -2.04. The molecule has 5 nitrogen and oxygen atoms in total. The number of carbonyl (C=O) groups is 1. The molecular formula is C19H16N2O3. The van der Waals surface area contributed by atoms with Crippen LogP contribution in [-0.4, -0.2) is 22.0 Å². The summed E-state index contributed by atoms with van der Waals surface area (Å²) < 4.78 is 6.76. The molecule has 4 aromatic rings. The highest BCUT2D eigenvalue weighted by molar-refractivity contribution is 6.11. The fraction of sp³-hybridized carbons (Fsp3) is 0.158. The molecule has 0 bridgehead atoms. The van der Waals surface area contributed by atoms with Gasteiger partial charge in [0.25, 0.3) is 5.56 Å². The molecule has 0 aliphatic heterocycles. The average molecular weight is 320 g/mol. The van der Waals surface area contributed by atoms with Crippen LogP contribution in [0.4, 0.5) is 0 Å². The minimum atomic E-state index is -0.432. The van der Waals surface area contributed by atoms with Crippen LogP contribution >= 0.6 is 0 Å². The van der Waals surface area contributed by atoms with Crippen molar-refractivity contribution in [2.24, 2.45) is 0 Å². The Morgan fingerprint density at radius 3 is 2.75 bits per heavy atom. The third kappa shape index (κ3) is 1.94. The molecule has 0 atom stereocenters. The van der Waals surface area contributed by atoms with E-state index in [1.165, 1.54) is 0 Å². The predicted octanol–water partition coefficient (Wildman–Crippen LogP) is 3.42. The summed E-state index contributed by atoms with van der Waals surface area (Å²) in [6.07, 6.45) is 0. The normalized spacial score (nSPS) is 11.4. The van der Waals surface area contributed by atoms with Gasteiger partial charge < -0.3 is 9.72 Å². The van der Waals surface area contributed by atoms with E-state index in [2.05, 4.69) is 4.98 Å². The first kappa shape index (κ1) is 14.5. The van der Waals surface area contributed by atoms with Gasteiger partial charge >= 0.3 is 5.97 Å². The zero-order chi connectivity index (χ0) is 16.8. The number of fused-ring (bicyclic) bond motifs is 4. The van der Waals surface area contributed by atoms with Crippen LogP contribution in [0.15, 0.2) is 47.3 Å². The summed E-state index contributed by atoms with van der Waals surface area (Å²) in [4.78, 5) is 28.8. The van der Waals surface area contributed by atoms with Crippen molar-refractivity contribution < 1.29 is 9.53 Å². The van der Waals surface area contributed by atoms with Crippen molar-refractivity contribution in [1.29, 1.82) is 0 Å².